The maximum absolute atomic E-state index is 11.3. The molecule has 1 aliphatic rings. The summed E-state index contributed by atoms with van der Waals surface area (Å²) in [5.74, 6) is 2.03. The molecule has 0 heterocycles. The molecule has 92 valence electrons. The van der Waals surface area contributed by atoms with Crippen molar-refractivity contribution in [2.75, 3.05) is 12.9 Å². The van der Waals surface area contributed by atoms with E-state index in [9.17, 15) is 4.79 Å². The first-order chi connectivity index (χ1) is 8.24. The quantitative estimate of drug-likeness (QED) is 0.725. The Bertz CT molecular complexity index is 371. The zero-order chi connectivity index (χ0) is 12.1. The molecule has 0 spiro atoms. The smallest absolute Gasteiger partial charge is 0.306 e. The first-order valence-corrected chi connectivity index (χ1v) is 7.08. The number of thioether (sulfide) groups is 1. The summed E-state index contributed by atoms with van der Waals surface area (Å²) >= 11 is 1.92. The van der Waals surface area contributed by atoms with Crippen molar-refractivity contribution in [1.82, 2.24) is 0 Å². The van der Waals surface area contributed by atoms with Crippen molar-refractivity contribution in [3.05, 3.63) is 35.9 Å². The van der Waals surface area contributed by atoms with Gasteiger partial charge in [0.1, 0.15) is 0 Å². The molecule has 17 heavy (non-hydrogen) atoms. The summed E-state index contributed by atoms with van der Waals surface area (Å²) < 4.78 is 4.74. The Morgan fingerprint density at radius 3 is 2.65 bits per heavy atom. The van der Waals surface area contributed by atoms with Crippen molar-refractivity contribution >= 4 is 17.7 Å². The Kier molecular flexibility index (Phi) is 4.11. The summed E-state index contributed by atoms with van der Waals surface area (Å²) in [6.07, 6.45) is 2.93. The van der Waals surface area contributed by atoms with Crippen molar-refractivity contribution in [3.8, 4) is 0 Å². The molecule has 0 amide bonds. The van der Waals surface area contributed by atoms with Gasteiger partial charge in [0.25, 0.3) is 0 Å². The number of carbonyl (C=O) groups excluding carboxylic acids is 1. The standard InChI is InChI=1S/C14H18O2S/c1-16-13(15)9-14(7-8-14)11-17-10-12-5-3-2-4-6-12/h2-6H,7-11H2,1H3. The van der Waals surface area contributed by atoms with Crippen LogP contribution in [0.5, 0.6) is 0 Å². The van der Waals surface area contributed by atoms with Crippen LogP contribution in [-0.4, -0.2) is 18.8 Å². The van der Waals surface area contributed by atoms with Crippen LogP contribution in [0, 0.1) is 5.41 Å². The molecule has 1 fully saturated rings. The molecule has 3 heteroatoms. The number of hydrogen-bond acceptors (Lipinski definition) is 3. The van der Waals surface area contributed by atoms with Crippen molar-refractivity contribution in [2.45, 2.75) is 25.0 Å². The molecule has 2 rings (SSSR count). The monoisotopic (exact) mass is 250 g/mol. The van der Waals surface area contributed by atoms with Crippen LogP contribution >= 0.6 is 11.8 Å². The summed E-state index contributed by atoms with van der Waals surface area (Å²) in [4.78, 5) is 11.3. The fourth-order valence-electron chi connectivity index (χ4n) is 1.89. The number of benzene rings is 1. The van der Waals surface area contributed by atoms with Crippen LogP contribution < -0.4 is 0 Å². The maximum atomic E-state index is 11.3. The van der Waals surface area contributed by atoms with E-state index in [0.717, 1.165) is 11.5 Å². The van der Waals surface area contributed by atoms with Crippen LogP contribution in [-0.2, 0) is 15.3 Å². The highest BCUT2D eigenvalue weighted by Gasteiger charge is 2.44. The number of esters is 1. The summed E-state index contributed by atoms with van der Waals surface area (Å²) in [7, 11) is 1.47. The molecule has 0 bridgehead atoms. The molecule has 0 saturated heterocycles. The third-order valence-electron chi connectivity index (χ3n) is 3.22. The minimum absolute atomic E-state index is 0.0668. The van der Waals surface area contributed by atoms with Gasteiger partial charge in [-0.1, -0.05) is 30.3 Å². The van der Waals surface area contributed by atoms with Crippen LogP contribution in [0.15, 0.2) is 30.3 Å². The zero-order valence-corrected chi connectivity index (χ0v) is 11.0. The lowest BCUT2D eigenvalue weighted by atomic mass is 10.1. The second-order valence-corrected chi connectivity index (χ2v) is 5.72. The van der Waals surface area contributed by atoms with Gasteiger partial charge in [-0.15, -0.1) is 0 Å². The maximum Gasteiger partial charge on any atom is 0.306 e. The molecule has 0 N–H and O–H groups in total. The van der Waals surface area contributed by atoms with E-state index in [1.807, 2.05) is 17.8 Å². The average molecular weight is 250 g/mol. The van der Waals surface area contributed by atoms with Crippen molar-refractivity contribution < 1.29 is 9.53 Å². The molecule has 0 aromatic heterocycles. The molecule has 0 unspecified atom stereocenters. The van der Waals surface area contributed by atoms with Gasteiger partial charge in [-0.2, -0.15) is 11.8 Å². The highest BCUT2D eigenvalue weighted by molar-refractivity contribution is 7.98. The summed E-state index contributed by atoms with van der Waals surface area (Å²) in [6.45, 7) is 0. The molecule has 1 aliphatic carbocycles. The lowest BCUT2D eigenvalue weighted by Gasteiger charge is -2.12. The first kappa shape index (κ1) is 12.5. The molecule has 0 aliphatic heterocycles. The minimum atomic E-state index is -0.0668. The van der Waals surface area contributed by atoms with E-state index in [0.29, 0.717) is 6.42 Å². The van der Waals surface area contributed by atoms with Gasteiger partial charge in [0.05, 0.1) is 13.5 Å². The number of methoxy groups -OCH3 is 1. The molecule has 0 radical (unpaired) electrons. The Labute approximate surface area is 107 Å². The average Bonchev–Trinajstić information content (AvgIpc) is 3.10. The van der Waals surface area contributed by atoms with Crippen molar-refractivity contribution in [1.29, 1.82) is 0 Å². The van der Waals surface area contributed by atoms with Crippen LogP contribution in [0.4, 0.5) is 0 Å². The molecule has 1 saturated carbocycles. The molecule has 1 aromatic rings. The minimum Gasteiger partial charge on any atom is -0.469 e. The molecular weight excluding hydrogens is 232 g/mol. The highest BCUT2D eigenvalue weighted by atomic mass is 32.2. The summed E-state index contributed by atoms with van der Waals surface area (Å²) in [5.41, 5.74) is 1.60. The van der Waals surface area contributed by atoms with Gasteiger partial charge in [0, 0.05) is 5.75 Å². The van der Waals surface area contributed by atoms with E-state index < -0.39 is 0 Å². The molecule has 1 aromatic carbocycles. The van der Waals surface area contributed by atoms with E-state index in [4.69, 9.17) is 4.74 Å². The zero-order valence-electron chi connectivity index (χ0n) is 10.1. The highest BCUT2D eigenvalue weighted by Crippen LogP contribution is 2.51. The number of carbonyl (C=O) groups is 1. The van der Waals surface area contributed by atoms with E-state index in [1.54, 1.807) is 0 Å². The van der Waals surface area contributed by atoms with Crippen LogP contribution in [0.3, 0.4) is 0 Å². The van der Waals surface area contributed by atoms with Gasteiger partial charge in [-0.3, -0.25) is 4.79 Å². The Balaban J connectivity index is 1.73. The van der Waals surface area contributed by atoms with E-state index in [2.05, 4.69) is 24.3 Å². The van der Waals surface area contributed by atoms with E-state index in [1.165, 1.54) is 25.5 Å². The van der Waals surface area contributed by atoms with Gasteiger partial charge >= 0.3 is 5.97 Å². The number of ether oxygens (including phenoxy) is 1. The SMILES string of the molecule is COC(=O)CC1(CSCc2ccccc2)CC1. The normalized spacial score (nSPS) is 16.5. The van der Waals surface area contributed by atoms with E-state index in [-0.39, 0.29) is 11.4 Å². The fraction of sp³-hybridized carbons (Fsp3) is 0.500. The van der Waals surface area contributed by atoms with Crippen LogP contribution in [0.2, 0.25) is 0 Å². The first-order valence-electron chi connectivity index (χ1n) is 5.93. The molecule has 0 atom stereocenters. The lowest BCUT2D eigenvalue weighted by molar-refractivity contribution is -0.141. The second kappa shape index (κ2) is 5.58. The van der Waals surface area contributed by atoms with Gasteiger partial charge in [-0.05, 0) is 29.6 Å². The Hall–Kier alpha value is -0.960. The van der Waals surface area contributed by atoms with Gasteiger partial charge < -0.3 is 4.74 Å². The van der Waals surface area contributed by atoms with Crippen LogP contribution in [0.25, 0.3) is 0 Å². The van der Waals surface area contributed by atoms with Gasteiger partial charge in [0.2, 0.25) is 0 Å². The van der Waals surface area contributed by atoms with Crippen molar-refractivity contribution in [3.63, 3.8) is 0 Å². The third-order valence-corrected chi connectivity index (χ3v) is 4.58. The predicted molar refractivity (Wildman–Crippen MR) is 70.9 cm³/mol. The largest absolute Gasteiger partial charge is 0.469 e. The topological polar surface area (TPSA) is 26.3 Å². The second-order valence-electron chi connectivity index (χ2n) is 4.73. The molecular formula is C14H18O2S. The Morgan fingerprint density at radius 2 is 2.06 bits per heavy atom. The summed E-state index contributed by atoms with van der Waals surface area (Å²) in [5, 5.41) is 0. The van der Waals surface area contributed by atoms with Crippen LogP contribution in [0.1, 0.15) is 24.8 Å². The molecule has 2 nitrogen and oxygen atoms in total. The predicted octanol–water partition coefficient (Wildman–Crippen LogP) is 3.26. The third kappa shape index (κ3) is 3.77. The Morgan fingerprint density at radius 1 is 1.35 bits per heavy atom. The van der Waals surface area contributed by atoms with Gasteiger partial charge in [0.15, 0.2) is 0 Å². The van der Waals surface area contributed by atoms with Crippen molar-refractivity contribution in [2.24, 2.45) is 5.41 Å². The van der Waals surface area contributed by atoms with Gasteiger partial charge in [-0.25, -0.2) is 0 Å². The lowest BCUT2D eigenvalue weighted by Crippen LogP contribution is -2.13. The number of rotatable bonds is 6. The van der Waals surface area contributed by atoms with E-state index >= 15 is 0 Å². The summed E-state index contributed by atoms with van der Waals surface area (Å²) in [6, 6.07) is 10.5. The number of hydrogen-bond donors (Lipinski definition) is 0. The fourth-order valence-corrected chi connectivity index (χ4v) is 3.24.